The number of nitriles is 1. The predicted molar refractivity (Wildman–Crippen MR) is 92.0 cm³/mol. The summed E-state index contributed by atoms with van der Waals surface area (Å²) in [5.41, 5.74) is 2.19. The molecular formula is C18H20N2O3S. The van der Waals surface area contributed by atoms with Gasteiger partial charge in [0.2, 0.25) is 0 Å². The van der Waals surface area contributed by atoms with Crippen LogP contribution in [0, 0.1) is 17.2 Å². The van der Waals surface area contributed by atoms with Crippen molar-refractivity contribution in [1.29, 1.82) is 5.26 Å². The number of hydrogen-bond acceptors (Lipinski definition) is 4. The summed E-state index contributed by atoms with van der Waals surface area (Å²) in [5.74, 6) is -0.791. The van der Waals surface area contributed by atoms with E-state index in [-0.39, 0.29) is 11.5 Å². The van der Waals surface area contributed by atoms with Crippen molar-refractivity contribution in [3.63, 3.8) is 0 Å². The normalized spacial score (nSPS) is 20.2. The first kappa shape index (κ1) is 16.7. The fourth-order valence-electron chi connectivity index (χ4n) is 3.53. The Kier molecular flexibility index (Phi) is 4.72. The van der Waals surface area contributed by atoms with Crippen molar-refractivity contribution >= 4 is 28.2 Å². The van der Waals surface area contributed by atoms with Crippen LogP contribution in [0.1, 0.15) is 55.0 Å². The number of nitrogens with zero attached hydrogens (tertiary/aromatic N) is 1. The average Bonchev–Trinajstić information content (AvgIpc) is 2.90. The second-order valence-corrected chi connectivity index (χ2v) is 7.70. The third-order valence-corrected chi connectivity index (χ3v) is 6.02. The third-order valence-electron chi connectivity index (χ3n) is 4.85. The number of anilines is 1. The Morgan fingerprint density at radius 2 is 1.96 bits per heavy atom. The molecule has 0 radical (unpaired) electrons. The average molecular weight is 344 g/mol. The van der Waals surface area contributed by atoms with Crippen LogP contribution in [0.4, 0.5) is 5.00 Å². The maximum absolute atomic E-state index is 12.6. The molecule has 6 heteroatoms. The van der Waals surface area contributed by atoms with Gasteiger partial charge in [-0.3, -0.25) is 4.79 Å². The van der Waals surface area contributed by atoms with Gasteiger partial charge in [-0.25, -0.2) is 4.79 Å². The zero-order chi connectivity index (χ0) is 17.3. The molecule has 24 heavy (non-hydrogen) atoms. The molecule has 1 aromatic heterocycles. The molecule has 1 heterocycles. The Balaban J connectivity index is 1.90. The summed E-state index contributed by atoms with van der Waals surface area (Å²) in [7, 11) is 0. The van der Waals surface area contributed by atoms with E-state index in [1.807, 2.05) is 0 Å². The lowest BCUT2D eigenvalue weighted by Gasteiger charge is -2.17. The fraction of sp³-hybridized carbons (Fsp3) is 0.500. The zero-order valence-electron chi connectivity index (χ0n) is 13.6. The van der Waals surface area contributed by atoms with E-state index in [1.54, 1.807) is 0 Å². The topological polar surface area (TPSA) is 90.2 Å². The predicted octanol–water partition coefficient (Wildman–Crippen LogP) is 3.64. The Labute approximate surface area is 145 Å². The third kappa shape index (κ3) is 3.09. The van der Waals surface area contributed by atoms with Crippen molar-refractivity contribution in [2.45, 2.75) is 51.9 Å². The lowest BCUT2D eigenvalue weighted by molar-refractivity contribution is -0.133. The minimum Gasteiger partial charge on any atom is -0.478 e. The van der Waals surface area contributed by atoms with Gasteiger partial charge in [-0.05, 0) is 56.4 Å². The van der Waals surface area contributed by atoms with Gasteiger partial charge in [-0.15, -0.1) is 11.3 Å². The molecule has 5 nitrogen and oxygen atoms in total. The number of rotatable bonds is 3. The number of amides is 1. The first-order valence-corrected chi connectivity index (χ1v) is 9.14. The number of fused-ring (bicyclic) bond motifs is 1. The molecule has 3 rings (SSSR count). The number of carbonyl (C=O) groups excluding carboxylic acids is 1. The monoisotopic (exact) mass is 344 g/mol. The lowest BCUT2D eigenvalue weighted by Crippen LogP contribution is -2.21. The smallest absolute Gasteiger partial charge is 0.332 e. The highest BCUT2D eigenvalue weighted by Crippen LogP contribution is 2.39. The van der Waals surface area contributed by atoms with E-state index < -0.39 is 5.97 Å². The van der Waals surface area contributed by atoms with E-state index >= 15 is 0 Å². The van der Waals surface area contributed by atoms with Crippen LogP contribution < -0.4 is 5.32 Å². The fourth-order valence-corrected chi connectivity index (χ4v) is 4.88. The molecule has 0 aromatic carbocycles. The quantitative estimate of drug-likeness (QED) is 0.876. The van der Waals surface area contributed by atoms with Crippen molar-refractivity contribution in [3.8, 4) is 6.07 Å². The number of carbonyl (C=O) groups is 2. The van der Waals surface area contributed by atoms with Gasteiger partial charge in [0.25, 0.3) is 5.91 Å². The molecule has 0 spiro atoms. The van der Waals surface area contributed by atoms with E-state index in [2.05, 4.69) is 18.3 Å². The van der Waals surface area contributed by atoms with Crippen LogP contribution in [0.3, 0.4) is 0 Å². The van der Waals surface area contributed by atoms with Crippen LogP contribution in [-0.2, 0) is 22.4 Å². The second-order valence-electron chi connectivity index (χ2n) is 6.59. The second kappa shape index (κ2) is 6.78. The molecule has 1 unspecified atom stereocenters. The van der Waals surface area contributed by atoms with Crippen molar-refractivity contribution < 1.29 is 14.7 Å². The van der Waals surface area contributed by atoms with Crippen LogP contribution in [-0.4, -0.2) is 17.0 Å². The number of nitrogens with one attached hydrogen (secondary N) is 1. The van der Waals surface area contributed by atoms with Crippen molar-refractivity contribution in [1.82, 2.24) is 0 Å². The van der Waals surface area contributed by atoms with E-state index in [1.165, 1.54) is 16.2 Å². The van der Waals surface area contributed by atoms with Crippen LogP contribution >= 0.6 is 11.3 Å². The van der Waals surface area contributed by atoms with Gasteiger partial charge in [0, 0.05) is 16.0 Å². The number of aliphatic carboxylic acids is 1. The summed E-state index contributed by atoms with van der Waals surface area (Å²) in [6.07, 6.45) is 5.40. The van der Waals surface area contributed by atoms with Crippen molar-refractivity contribution in [2.24, 2.45) is 5.92 Å². The van der Waals surface area contributed by atoms with Gasteiger partial charge >= 0.3 is 5.97 Å². The van der Waals surface area contributed by atoms with Gasteiger partial charge in [0.05, 0.1) is 5.56 Å². The summed E-state index contributed by atoms with van der Waals surface area (Å²) in [5, 5.41) is 22.2. The van der Waals surface area contributed by atoms with Gasteiger partial charge in [-0.1, -0.05) is 6.92 Å². The molecule has 0 aliphatic heterocycles. The molecule has 2 aliphatic carbocycles. The van der Waals surface area contributed by atoms with Crippen molar-refractivity contribution in [3.05, 3.63) is 27.2 Å². The summed E-state index contributed by atoms with van der Waals surface area (Å²) in [4.78, 5) is 25.1. The molecule has 1 amide bonds. The summed E-state index contributed by atoms with van der Waals surface area (Å²) in [6.45, 7) is 2.19. The van der Waals surface area contributed by atoms with Crippen LogP contribution in [0.2, 0.25) is 0 Å². The summed E-state index contributed by atoms with van der Waals surface area (Å²) in [6, 6.07) is 2.22. The van der Waals surface area contributed by atoms with Gasteiger partial charge in [0.15, 0.2) is 0 Å². The minimum absolute atomic E-state index is 0.215. The van der Waals surface area contributed by atoms with E-state index in [0.717, 1.165) is 37.7 Å². The standard InChI is InChI=1S/C18H20N2O3S/c1-10-6-7-11-14(9-19)17(24-15(11)8-10)20-16(21)12-4-2-3-5-13(12)18(22)23/h10H,2-8H2,1H3,(H,20,21)(H,22,23). The van der Waals surface area contributed by atoms with Gasteiger partial charge in [-0.2, -0.15) is 5.26 Å². The number of thiophene rings is 1. The molecular weight excluding hydrogens is 324 g/mol. The number of hydrogen-bond donors (Lipinski definition) is 2. The number of carboxylic acids is 1. The molecule has 0 bridgehead atoms. The minimum atomic E-state index is -1.01. The van der Waals surface area contributed by atoms with E-state index in [0.29, 0.717) is 34.9 Å². The Bertz CT molecular complexity index is 770. The molecule has 2 aliphatic rings. The molecule has 0 fully saturated rings. The highest BCUT2D eigenvalue weighted by atomic mass is 32.1. The molecule has 2 N–H and O–H groups in total. The SMILES string of the molecule is CC1CCc2c(sc(NC(=O)C3=C(C(=O)O)CCCC3)c2C#N)C1. The van der Waals surface area contributed by atoms with E-state index in [4.69, 9.17) is 0 Å². The Morgan fingerprint density at radius 1 is 1.25 bits per heavy atom. The summed E-state index contributed by atoms with van der Waals surface area (Å²) < 4.78 is 0. The lowest BCUT2D eigenvalue weighted by atomic mass is 9.88. The Hall–Kier alpha value is -2.13. The van der Waals surface area contributed by atoms with Gasteiger partial charge in [0.1, 0.15) is 11.1 Å². The molecule has 0 saturated heterocycles. The number of carboxylic acid groups (broad SMARTS) is 1. The first-order chi connectivity index (χ1) is 11.5. The van der Waals surface area contributed by atoms with Crippen LogP contribution in [0.25, 0.3) is 0 Å². The molecule has 1 atom stereocenters. The van der Waals surface area contributed by atoms with E-state index in [9.17, 15) is 20.0 Å². The maximum Gasteiger partial charge on any atom is 0.332 e. The zero-order valence-corrected chi connectivity index (χ0v) is 14.5. The molecule has 1 aromatic rings. The maximum atomic E-state index is 12.6. The molecule has 126 valence electrons. The highest BCUT2D eigenvalue weighted by molar-refractivity contribution is 7.16. The first-order valence-electron chi connectivity index (χ1n) is 8.32. The largest absolute Gasteiger partial charge is 0.478 e. The molecule has 0 saturated carbocycles. The summed E-state index contributed by atoms with van der Waals surface area (Å²) >= 11 is 1.47. The Morgan fingerprint density at radius 3 is 2.62 bits per heavy atom. The van der Waals surface area contributed by atoms with Crippen LogP contribution in [0.5, 0.6) is 0 Å². The van der Waals surface area contributed by atoms with Crippen molar-refractivity contribution in [2.75, 3.05) is 5.32 Å². The van der Waals surface area contributed by atoms with Crippen LogP contribution in [0.15, 0.2) is 11.1 Å². The van der Waals surface area contributed by atoms with Gasteiger partial charge < -0.3 is 10.4 Å². The highest BCUT2D eigenvalue weighted by Gasteiger charge is 2.27.